The number of likely N-dealkylation sites (tertiary alicyclic amines) is 1. The largest absolute Gasteiger partial charge is 0.492 e. The second-order valence-electron chi connectivity index (χ2n) is 5.59. The van der Waals surface area contributed by atoms with Crippen LogP contribution in [0.2, 0.25) is 0 Å². The van der Waals surface area contributed by atoms with Gasteiger partial charge in [-0.05, 0) is 11.6 Å². The summed E-state index contributed by atoms with van der Waals surface area (Å²) >= 11 is 0. The number of nitrogens with zero attached hydrogens (tertiary/aromatic N) is 2. The molecule has 0 unspecified atom stereocenters. The Balaban J connectivity index is 1.73. The Morgan fingerprint density at radius 3 is 2.86 bits per heavy atom. The molecular formula is C14H17N3O4S. The van der Waals surface area contributed by atoms with E-state index < -0.39 is 10.0 Å². The van der Waals surface area contributed by atoms with Gasteiger partial charge in [-0.1, -0.05) is 12.1 Å². The molecule has 0 aromatic heterocycles. The molecule has 8 heteroatoms. The number of rotatable bonds is 3. The monoisotopic (exact) mass is 323 g/mol. The van der Waals surface area contributed by atoms with Crippen molar-refractivity contribution in [2.75, 3.05) is 19.7 Å². The van der Waals surface area contributed by atoms with Crippen molar-refractivity contribution in [3.05, 3.63) is 29.3 Å². The Morgan fingerprint density at radius 2 is 2.18 bits per heavy atom. The minimum absolute atomic E-state index is 0.0316. The number of carbonyl (C=O) groups excluding carboxylic acids is 1. The van der Waals surface area contributed by atoms with Gasteiger partial charge >= 0.3 is 0 Å². The van der Waals surface area contributed by atoms with Crippen LogP contribution >= 0.6 is 0 Å². The number of sulfonamides is 1. The van der Waals surface area contributed by atoms with E-state index in [1.807, 2.05) is 0 Å². The first-order chi connectivity index (χ1) is 10.4. The first-order valence-electron chi connectivity index (χ1n) is 6.94. The van der Waals surface area contributed by atoms with E-state index in [1.165, 1.54) is 0 Å². The molecule has 0 atom stereocenters. The zero-order valence-electron chi connectivity index (χ0n) is 12.2. The molecule has 0 bridgehead atoms. The fourth-order valence-corrected chi connectivity index (χ4v) is 3.76. The van der Waals surface area contributed by atoms with E-state index in [9.17, 15) is 13.2 Å². The van der Waals surface area contributed by atoms with E-state index in [2.05, 4.69) is 4.40 Å². The zero-order chi connectivity index (χ0) is 15.9. The molecule has 1 fully saturated rings. The van der Waals surface area contributed by atoms with Gasteiger partial charge in [-0.15, -0.1) is 4.40 Å². The van der Waals surface area contributed by atoms with Crippen molar-refractivity contribution in [2.24, 2.45) is 16.0 Å². The number of nitrogens with two attached hydrogens (primary N) is 1. The van der Waals surface area contributed by atoms with Crippen molar-refractivity contribution in [1.29, 1.82) is 0 Å². The Labute approximate surface area is 128 Å². The molecule has 7 nitrogen and oxygen atoms in total. The molecule has 2 aliphatic heterocycles. The minimum Gasteiger partial charge on any atom is -0.492 e. The summed E-state index contributed by atoms with van der Waals surface area (Å²) in [5.74, 6) is 0.688. The molecule has 0 aliphatic carbocycles. The predicted octanol–water partition coefficient (Wildman–Crippen LogP) is 0.0924. The molecule has 2 aliphatic rings. The standard InChI is InChI=1S/C14H17N3O4S/c1-9(18)17-5-10(6-17)7-21-12-4-2-3-11-8-22(19,20)16-14(15)13(11)12/h2-4,10H,5-8H2,1H3,(H2,15,16). The van der Waals surface area contributed by atoms with Gasteiger partial charge in [0.2, 0.25) is 5.91 Å². The summed E-state index contributed by atoms with van der Waals surface area (Å²) in [5.41, 5.74) is 6.93. The average molecular weight is 323 g/mol. The zero-order valence-corrected chi connectivity index (χ0v) is 13.0. The Hall–Kier alpha value is -2.09. The van der Waals surface area contributed by atoms with E-state index in [-0.39, 0.29) is 23.4 Å². The predicted molar refractivity (Wildman–Crippen MR) is 81.0 cm³/mol. The van der Waals surface area contributed by atoms with Crippen LogP contribution in [-0.2, 0) is 20.6 Å². The molecule has 3 rings (SSSR count). The minimum atomic E-state index is -3.54. The van der Waals surface area contributed by atoms with Crippen LogP contribution in [0.15, 0.2) is 22.6 Å². The normalized spacial score (nSPS) is 19.9. The second-order valence-corrected chi connectivity index (χ2v) is 7.23. The van der Waals surface area contributed by atoms with Crippen molar-refractivity contribution in [3.63, 3.8) is 0 Å². The quantitative estimate of drug-likeness (QED) is 0.849. The lowest BCUT2D eigenvalue weighted by atomic mass is 10.0. The van der Waals surface area contributed by atoms with Gasteiger partial charge in [0.05, 0.1) is 17.9 Å². The fourth-order valence-electron chi connectivity index (χ4n) is 2.67. The van der Waals surface area contributed by atoms with Gasteiger partial charge < -0.3 is 15.4 Å². The summed E-state index contributed by atoms with van der Waals surface area (Å²) in [7, 11) is -3.54. The molecule has 2 N–H and O–H groups in total. The number of carbonyl (C=O) groups is 1. The van der Waals surface area contributed by atoms with Crippen LogP contribution in [0.1, 0.15) is 18.1 Å². The molecule has 2 heterocycles. The maximum Gasteiger partial charge on any atom is 0.259 e. The highest BCUT2D eigenvalue weighted by atomic mass is 32.2. The maximum atomic E-state index is 11.6. The summed E-state index contributed by atoms with van der Waals surface area (Å²) in [4.78, 5) is 12.9. The van der Waals surface area contributed by atoms with E-state index in [0.717, 1.165) is 0 Å². The number of amidine groups is 1. The smallest absolute Gasteiger partial charge is 0.259 e. The van der Waals surface area contributed by atoms with Crippen LogP contribution in [0.4, 0.5) is 0 Å². The second kappa shape index (κ2) is 5.28. The maximum absolute atomic E-state index is 11.6. The highest BCUT2D eigenvalue weighted by Crippen LogP contribution is 2.29. The summed E-state index contributed by atoms with van der Waals surface area (Å²) < 4.78 is 32.5. The van der Waals surface area contributed by atoms with Crippen LogP contribution in [0, 0.1) is 5.92 Å². The van der Waals surface area contributed by atoms with Gasteiger partial charge in [-0.25, -0.2) is 8.42 Å². The molecule has 1 saturated heterocycles. The number of fused-ring (bicyclic) bond motifs is 1. The lowest BCUT2D eigenvalue weighted by Crippen LogP contribution is -2.51. The van der Waals surface area contributed by atoms with E-state index >= 15 is 0 Å². The van der Waals surface area contributed by atoms with Gasteiger partial charge in [-0.2, -0.15) is 0 Å². The third-order valence-corrected chi connectivity index (χ3v) is 4.97. The van der Waals surface area contributed by atoms with Gasteiger partial charge in [0, 0.05) is 25.9 Å². The average Bonchev–Trinajstić information content (AvgIpc) is 2.34. The highest BCUT2D eigenvalue weighted by Gasteiger charge is 2.30. The van der Waals surface area contributed by atoms with Crippen molar-refractivity contribution in [1.82, 2.24) is 4.90 Å². The number of amides is 1. The molecule has 1 aromatic carbocycles. The first-order valence-corrected chi connectivity index (χ1v) is 8.55. The molecule has 22 heavy (non-hydrogen) atoms. The summed E-state index contributed by atoms with van der Waals surface area (Å²) in [5, 5.41) is 0. The third kappa shape index (κ3) is 2.78. The van der Waals surface area contributed by atoms with Gasteiger partial charge in [0.1, 0.15) is 11.6 Å². The number of hydrogen-bond donors (Lipinski definition) is 1. The Morgan fingerprint density at radius 1 is 1.45 bits per heavy atom. The topological polar surface area (TPSA) is 102 Å². The molecule has 0 spiro atoms. The van der Waals surface area contributed by atoms with Crippen molar-refractivity contribution < 1.29 is 17.9 Å². The third-order valence-electron chi connectivity index (χ3n) is 3.82. The van der Waals surface area contributed by atoms with Gasteiger partial charge in [0.25, 0.3) is 10.0 Å². The SMILES string of the molecule is CC(=O)N1CC(COc2cccc3c2C(N)=NS(=O)(=O)C3)C1. The van der Waals surface area contributed by atoms with Crippen molar-refractivity contribution in [2.45, 2.75) is 12.7 Å². The van der Waals surface area contributed by atoms with E-state index in [0.29, 0.717) is 36.6 Å². The molecule has 1 aromatic rings. The lowest BCUT2D eigenvalue weighted by Gasteiger charge is -2.38. The number of benzene rings is 1. The lowest BCUT2D eigenvalue weighted by molar-refractivity contribution is -0.135. The number of hydrogen-bond acceptors (Lipinski definition) is 5. The number of ether oxygens (including phenoxy) is 1. The molecular weight excluding hydrogens is 306 g/mol. The molecule has 118 valence electrons. The van der Waals surface area contributed by atoms with Crippen LogP contribution in [0.5, 0.6) is 5.75 Å². The van der Waals surface area contributed by atoms with Crippen LogP contribution < -0.4 is 10.5 Å². The van der Waals surface area contributed by atoms with Crippen LogP contribution in [0.25, 0.3) is 0 Å². The van der Waals surface area contributed by atoms with Gasteiger partial charge in [0.15, 0.2) is 0 Å². The Kier molecular flexibility index (Phi) is 3.56. The molecule has 0 radical (unpaired) electrons. The highest BCUT2D eigenvalue weighted by molar-refractivity contribution is 7.89. The Bertz CT molecular complexity index is 751. The van der Waals surface area contributed by atoms with Crippen LogP contribution in [-0.4, -0.2) is 44.8 Å². The fraction of sp³-hybridized carbons (Fsp3) is 0.429. The summed E-state index contributed by atoms with van der Waals surface area (Å²) in [6.07, 6.45) is 0. The van der Waals surface area contributed by atoms with Crippen LogP contribution in [0.3, 0.4) is 0 Å². The first kappa shape index (κ1) is 14.8. The van der Waals surface area contributed by atoms with E-state index in [4.69, 9.17) is 10.5 Å². The summed E-state index contributed by atoms with van der Waals surface area (Å²) in [6.45, 7) is 3.37. The molecule has 0 saturated carbocycles. The molecule has 1 amide bonds. The van der Waals surface area contributed by atoms with Gasteiger partial charge in [-0.3, -0.25) is 4.79 Å². The van der Waals surface area contributed by atoms with Crippen molar-refractivity contribution in [3.8, 4) is 5.75 Å². The van der Waals surface area contributed by atoms with E-state index in [1.54, 1.807) is 30.0 Å². The summed E-state index contributed by atoms with van der Waals surface area (Å²) in [6, 6.07) is 5.20. The van der Waals surface area contributed by atoms with Crippen molar-refractivity contribution >= 4 is 21.8 Å².